The number of amides is 3. The summed E-state index contributed by atoms with van der Waals surface area (Å²) in [4.78, 5) is 42.0. The van der Waals surface area contributed by atoms with Gasteiger partial charge in [0.05, 0.1) is 0 Å². The minimum Gasteiger partial charge on any atom is -0.444 e. The van der Waals surface area contributed by atoms with E-state index >= 15 is 0 Å². The molecule has 1 aromatic carbocycles. The Balaban J connectivity index is 3.41. The Hall–Kier alpha value is -2.48. The fourth-order valence-corrected chi connectivity index (χ4v) is 4.67. The molecule has 220 valence electrons. The van der Waals surface area contributed by atoms with E-state index in [1.165, 1.54) is 6.42 Å². The molecule has 0 aliphatic heterocycles. The molecule has 39 heavy (non-hydrogen) atoms. The van der Waals surface area contributed by atoms with Crippen LogP contribution in [-0.2, 0) is 14.3 Å². The van der Waals surface area contributed by atoms with Gasteiger partial charge in [0, 0.05) is 18.3 Å². The summed E-state index contributed by atoms with van der Waals surface area (Å²) in [7, 11) is 0. The van der Waals surface area contributed by atoms with Crippen molar-refractivity contribution in [2.24, 2.45) is 0 Å². The first-order valence-electron chi connectivity index (χ1n) is 14.4. The van der Waals surface area contributed by atoms with E-state index in [2.05, 4.69) is 43.7 Å². The molecule has 0 spiro atoms. The molecule has 0 fully saturated rings. The highest BCUT2D eigenvalue weighted by molar-refractivity contribution is 7.80. The van der Waals surface area contributed by atoms with Crippen molar-refractivity contribution in [3.63, 3.8) is 0 Å². The second kappa shape index (κ2) is 18.0. The largest absolute Gasteiger partial charge is 0.444 e. The summed E-state index contributed by atoms with van der Waals surface area (Å²) in [5.74, 6) is -0.540. The first kappa shape index (κ1) is 34.5. The van der Waals surface area contributed by atoms with Crippen molar-refractivity contribution < 1.29 is 19.1 Å². The molecule has 0 aliphatic carbocycles. The van der Waals surface area contributed by atoms with Gasteiger partial charge in [0.15, 0.2) is 0 Å². The van der Waals surface area contributed by atoms with E-state index in [-0.39, 0.29) is 23.6 Å². The quantitative estimate of drug-likeness (QED) is 0.146. The summed E-state index contributed by atoms with van der Waals surface area (Å²) < 4.78 is 5.39. The fourth-order valence-electron chi connectivity index (χ4n) is 4.42. The molecule has 7 nitrogen and oxygen atoms in total. The van der Waals surface area contributed by atoms with Crippen molar-refractivity contribution >= 4 is 36.6 Å². The van der Waals surface area contributed by atoms with Gasteiger partial charge < -0.3 is 20.3 Å². The topological polar surface area (TPSA) is 87.7 Å². The average molecular weight is 562 g/mol. The number of hydrogen-bond acceptors (Lipinski definition) is 5. The Bertz CT molecular complexity index is 915. The Morgan fingerprint density at radius 3 is 2.31 bits per heavy atom. The molecular formula is C31H51N3O4S. The maximum absolute atomic E-state index is 14.0. The number of alkyl carbamates (subject to hydrolysis) is 1. The second-order valence-corrected chi connectivity index (χ2v) is 11.5. The van der Waals surface area contributed by atoms with Gasteiger partial charge in [-0.3, -0.25) is 9.59 Å². The number of thiol groups is 1. The van der Waals surface area contributed by atoms with Gasteiger partial charge >= 0.3 is 6.09 Å². The van der Waals surface area contributed by atoms with Crippen LogP contribution < -0.4 is 10.6 Å². The summed E-state index contributed by atoms with van der Waals surface area (Å²) in [6.45, 7) is 15.8. The van der Waals surface area contributed by atoms with Crippen molar-refractivity contribution in [1.82, 2.24) is 15.5 Å². The molecule has 0 saturated heterocycles. The lowest BCUT2D eigenvalue weighted by Gasteiger charge is -2.35. The highest BCUT2D eigenvalue weighted by atomic mass is 32.1. The monoisotopic (exact) mass is 561 g/mol. The van der Waals surface area contributed by atoms with Crippen molar-refractivity contribution in [3.8, 4) is 0 Å². The van der Waals surface area contributed by atoms with Crippen LogP contribution in [0.2, 0.25) is 0 Å². The van der Waals surface area contributed by atoms with Gasteiger partial charge in [-0.1, -0.05) is 83.2 Å². The molecule has 0 aliphatic rings. The van der Waals surface area contributed by atoms with E-state index in [9.17, 15) is 14.4 Å². The van der Waals surface area contributed by atoms with Crippen LogP contribution in [0.25, 0.3) is 6.08 Å². The number of benzene rings is 1. The van der Waals surface area contributed by atoms with Crippen LogP contribution in [-0.4, -0.2) is 52.8 Å². The summed E-state index contributed by atoms with van der Waals surface area (Å²) >= 11 is 4.37. The maximum Gasteiger partial charge on any atom is 0.408 e. The molecule has 1 rings (SSSR count). The molecule has 2 N–H and O–H groups in total. The van der Waals surface area contributed by atoms with Crippen LogP contribution in [0, 0.1) is 0 Å². The molecule has 8 heteroatoms. The van der Waals surface area contributed by atoms with E-state index < -0.39 is 23.8 Å². The highest BCUT2D eigenvalue weighted by Gasteiger charge is 2.36. The van der Waals surface area contributed by atoms with E-state index in [1.54, 1.807) is 31.7 Å². The lowest BCUT2D eigenvalue weighted by atomic mass is 9.99. The number of carbonyl (C=O) groups is 3. The number of nitrogens with one attached hydrogen (secondary N) is 2. The van der Waals surface area contributed by atoms with Crippen LogP contribution >= 0.6 is 12.6 Å². The molecule has 3 atom stereocenters. The number of carbonyl (C=O) groups excluding carboxylic acids is 3. The van der Waals surface area contributed by atoms with E-state index in [1.807, 2.05) is 31.2 Å². The zero-order valence-corrected chi connectivity index (χ0v) is 25.8. The summed E-state index contributed by atoms with van der Waals surface area (Å²) in [5, 5.41) is 5.78. The normalized spacial score (nSPS) is 13.6. The standard InChI is InChI=1S/C31H51N3O4S/c1-8-11-12-13-14-15-20-34(29(36)26(22-39)33-30(37)38-31(5,6)7)27(28(35)32-23(4)17-9-2)25-19-16-18-24(10-3)21-25/h10,16,18-19,21,23,26-27,39H,3,8-9,11-15,17,20,22H2,1-2,4-7H3,(H,32,35)(H,33,37). The first-order valence-corrected chi connectivity index (χ1v) is 15.0. The van der Waals surface area contributed by atoms with Gasteiger partial charge in [0.1, 0.15) is 17.7 Å². The van der Waals surface area contributed by atoms with Crippen molar-refractivity contribution in [2.75, 3.05) is 12.3 Å². The van der Waals surface area contributed by atoms with Gasteiger partial charge in [-0.25, -0.2) is 4.79 Å². The maximum atomic E-state index is 14.0. The third-order valence-electron chi connectivity index (χ3n) is 6.34. The number of unbranched alkanes of at least 4 members (excludes halogenated alkanes) is 5. The van der Waals surface area contributed by atoms with Crippen molar-refractivity contribution in [2.45, 2.75) is 117 Å². The Morgan fingerprint density at radius 2 is 1.72 bits per heavy atom. The van der Waals surface area contributed by atoms with Crippen LogP contribution in [0.15, 0.2) is 30.8 Å². The molecule has 3 unspecified atom stereocenters. The number of ether oxygens (including phenoxy) is 1. The molecule has 0 heterocycles. The Kier molecular flexibility index (Phi) is 15.9. The smallest absolute Gasteiger partial charge is 0.408 e. The van der Waals surface area contributed by atoms with Crippen LogP contribution in [0.3, 0.4) is 0 Å². The Labute approximate surface area is 241 Å². The molecule has 0 saturated carbocycles. The predicted molar refractivity (Wildman–Crippen MR) is 164 cm³/mol. The van der Waals surface area contributed by atoms with E-state index in [0.717, 1.165) is 50.5 Å². The second-order valence-electron chi connectivity index (χ2n) is 11.2. The lowest BCUT2D eigenvalue weighted by Crippen LogP contribution is -2.54. The van der Waals surface area contributed by atoms with Gasteiger partial charge in [0.25, 0.3) is 0 Å². The lowest BCUT2D eigenvalue weighted by molar-refractivity contribution is -0.142. The summed E-state index contributed by atoms with van der Waals surface area (Å²) in [6.07, 6.45) is 9.03. The zero-order valence-electron chi connectivity index (χ0n) is 24.9. The molecule has 0 radical (unpaired) electrons. The van der Waals surface area contributed by atoms with Gasteiger partial charge in [-0.15, -0.1) is 0 Å². The fraction of sp³-hybridized carbons (Fsp3) is 0.645. The van der Waals surface area contributed by atoms with Crippen LogP contribution in [0.4, 0.5) is 4.79 Å². The number of nitrogens with zero attached hydrogens (tertiary/aromatic N) is 1. The van der Waals surface area contributed by atoms with Crippen LogP contribution in [0.5, 0.6) is 0 Å². The van der Waals surface area contributed by atoms with Crippen LogP contribution in [0.1, 0.15) is 110 Å². The molecular weight excluding hydrogens is 510 g/mol. The first-order chi connectivity index (χ1) is 18.5. The molecule has 0 aromatic heterocycles. The minimum atomic E-state index is -0.950. The molecule has 3 amide bonds. The Morgan fingerprint density at radius 1 is 1.05 bits per heavy atom. The summed E-state index contributed by atoms with van der Waals surface area (Å²) in [5.41, 5.74) is 0.842. The number of hydrogen-bond donors (Lipinski definition) is 3. The minimum absolute atomic E-state index is 0.0425. The van der Waals surface area contributed by atoms with E-state index in [4.69, 9.17) is 4.74 Å². The third kappa shape index (κ3) is 12.9. The van der Waals surface area contributed by atoms with Gasteiger partial charge in [-0.05, 0) is 57.7 Å². The zero-order chi connectivity index (χ0) is 29.4. The molecule has 0 bridgehead atoms. The van der Waals surface area contributed by atoms with Crippen molar-refractivity contribution in [3.05, 3.63) is 42.0 Å². The highest BCUT2D eigenvalue weighted by Crippen LogP contribution is 2.25. The average Bonchev–Trinajstić information content (AvgIpc) is 2.87. The molecule has 1 aromatic rings. The SMILES string of the molecule is C=Cc1cccc(C(C(=O)NC(C)CCC)N(CCCCCCCC)C(=O)C(CS)NC(=O)OC(C)(C)C)c1. The van der Waals surface area contributed by atoms with Gasteiger partial charge in [-0.2, -0.15) is 12.6 Å². The summed E-state index contributed by atoms with van der Waals surface area (Å²) in [6, 6.07) is 5.67. The van der Waals surface area contributed by atoms with Gasteiger partial charge in [0.2, 0.25) is 11.8 Å². The van der Waals surface area contributed by atoms with Crippen molar-refractivity contribution in [1.29, 1.82) is 0 Å². The van der Waals surface area contributed by atoms with E-state index in [0.29, 0.717) is 12.1 Å². The predicted octanol–water partition coefficient (Wildman–Crippen LogP) is 6.69. The number of rotatable bonds is 17. The third-order valence-corrected chi connectivity index (χ3v) is 6.70.